The number of nitrogens with zero attached hydrogens (tertiary/aromatic N) is 1. The molecular formula is C25H22N2O4S. The molecule has 1 saturated heterocycles. The minimum absolute atomic E-state index is 0.220. The lowest BCUT2D eigenvalue weighted by Crippen LogP contribution is -2.36. The Morgan fingerprint density at radius 2 is 1.75 bits per heavy atom. The molecule has 32 heavy (non-hydrogen) atoms. The highest BCUT2D eigenvalue weighted by atomic mass is 32.2. The number of amides is 3. The van der Waals surface area contributed by atoms with E-state index >= 15 is 0 Å². The van der Waals surface area contributed by atoms with Crippen LogP contribution in [-0.2, 0) is 9.59 Å². The fourth-order valence-electron chi connectivity index (χ4n) is 3.25. The summed E-state index contributed by atoms with van der Waals surface area (Å²) in [6, 6.07) is 20.6. The zero-order chi connectivity index (χ0) is 22.7. The number of furan rings is 1. The molecule has 1 aromatic heterocycles. The first-order valence-electron chi connectivity index (χ1n) is 10.2. The van der Waals surface area contributed by atoms with Gasteiger partial charge >= 0.3 is 0 Å². The number of thioether (sulfide) groups is 1. The Kier molecular flexibility index (Phi) is 6.28. The van der Waals surface area contributed by atoms with Gasteiger partial charge in [-0.2, -0.15) is 0 Å². The molecule has 0 unspecified atom stereocenters. The van der Waals surface area contributed by atoms with Gasteiger partial charge in [-0.25, -0.2) is 0 Å². The predicted molar refractivity (Wildman–Crippen MR) is 126 cm³/mol. The number of hydrogen-bond acceptors (Lipinski definition) is 5. The predicted octanol–water partition coefficient (Wildman–Crippen LogP) is 5.75. The summed E-state index contributed by atoms with van der Waals surface area (Å²) < 4.78 is 5.79. The molecule has 3 aromatic rings. The number of benzene rings is 2. The van der Waals surface area contributed by atoms with Crippen molar-refractivity contribution in [3.05, 3.63) is 83.0 Å². The van der Waals surface area contributed by atoms with Gasteiger partial charge in [0, 0.05) is 17.3 Å². The molecule has 2 heterocycles. The van der Waals surface area contributed by atoms with Crippen molar-refractivity contribution < 1.29 is 18.8 Å². The van der Waals surface area contributed by atoms with Crippen molar-refractivity contribution in [1.29, 1.82) is 0 Å². The molecule has 0 radical (unpaired) electrons. The molecule has 162 valence electrons. The van der Waals surface area contributed by atoms with Crippen molar-refractivity contribution in [3.8, 4) is 11.3 Å². The first kappa shape index (κ1) is 21.6. The lowest BCUT2D eigenvalue weighted by Gasteiger charge is -2.13. The van der Waals surface area contributed by atoms with Gasteiger partial charge in [-0.3, -0.25) is 19.3 Å². The molecule has 0 spiro atoms. The van der Waals surface area contributed by atoms with Gasteiger partial charge in [-0.1, -0.05) is 56.3 Å². The number of nitrogens with one attached hydrogen (secondary N) is 1. The maximum Gasteiger partial charge on any atom is 0.294 e. The van der Waals surface area contributed by atoms with Crippen molar-refractivity contribution in [2.45, 2.75) is 19.8 Å². The quantitative estimate of drug-likeness (QED) is 0.488. The van der Waals surface area contributed by atoms with E-state index in [4.69, 9.17) is 4.42 Å². The van der Waals surface area contributed by atoms with E-state index in [-0.39, 0.29) is 11.4 Å². The average Bonchev–Trinajstić information content (AvgIpc) is 3.35. The lowest BCUT2D eigenvalue weighted by molar-refractivity contribution is -0.127. The van der Waals surface area contributed by atoms with Gasteiger partial charge in [0.15, 0.2) is 0 Å². The molecule has 1 N–H and O–H groups in total. The Morgan fingerprint density at radius 3 is 2.44 bits per heavy atom. The van der Waals surface area contributed by atoms with Crippen LogP contribution in [-0.4, -0.2) is 28.5 Å². The highest BCUT2D eigenvalue weighted by Gasteiger charge is 2.36. The third-order valence-corrected chi connectivity index (χ3v) is 5.90. The molecule has 0 saturated carbocycles. The highest BCUT2D eigenvalue weighted by molar-refractivity contribution is 8.18. The lowest BCUT2D eigenvalue weighted by atomic mass is 10.0. The minimum atomic E-state index is -0.511. The number of rotatable bonds is 6. The van der Waals surface area contributed by atoms with E-state index in [1.807, 2.05) is 60.7 Å². The molecule has 0 bridgehead atoms. The summed E-state index contributed by atoms with van der Waals surface area (Å²) in [4.78, 5) is 38.6. The number of hydrogen-bond donors (Lipinski definition) is 1. The SMILES string of the molecule is CC(C)c1ccc(NC(=O)CN2C(=O)S/C(=C\c3ccc(-c4ccccc4)o3)C2=O)cc1. The Hall–Kier alpha value is -3.58. The van der Waals surface area contributed by atoms with Gasteiger partial charge in [0.2, 0.25) is 5.91 Å². The summed E-state index contributed by atoms with van der Waals surface area (Å²) >= 11 is 0.794. The van der Waals surface area contributed by atoms with Crippen molar-refractivity contribution in [3.63, 3.8) is 0 Å². The van der Waals surface area contributed by atoms with Gasteiger partial charge in [-0.05, 0) is 47.5 Å². The Labute approximate surface area is 190 Å². The Bertz CT molecular complexity index is 1180. The van der Waals surface area contributed by atoms with E-state index < -0.39 is 17.1 Å². The number of anilines is 1. The van der Waals surface area contributed by atoms with Crippen LogP contribution in [0.5, 0.6) is 0 Å². The molecule has 2 aromatic carbocycles. The fourth-order valence-corrected chi connectivity index (χ4v) is 4.07. The van der Waals surface area contributed by atoms with Crippen molar-refractivity contribution in [1.82, 2.24) is 4.90 Å². The Morgan fingerprint density at radius 1 is 1.03 bits per heavy atom. The third-order valence-electron chi connectivity index (χ3n) is 4.99. The molecular weight excluding hydrogens is 424 g/mol. The topological polar surface area (TPSA) is 79.6 Å². The van der Waals surface area contributed by atoms with Crippen LogP contribution < -0.4 is 5.32 Å². The molecule has 3 amide bonds. The van der Waals surface area contributed by atoms with Crippen LogP contribution in [0.3, 0.4) is 0 Å². The molecule has 0 atom stereocenters. The summed E-state index contributed by atoms with van der Waals surface area (Å²) in [5.41, 5.74) is 2.69. The van der Waals surface area contributed by atoms with E-state index in [0.29, 0.717) is 23.1 Å². The molecule has 1 aliphatic rings. The maximum absolute atomic E-state index is 12.7. The van der Waals surface area contributed by atoms with Crippen LogP contribution in [0.1, 0.15) is 31.1 Å². The normalized spacial score (nSPS) is 15.1. The number of imide groups is 1. The second kappa shape index (κ2) is 9.28. The molecule has 4 rings (SSSR count). The zero-order valence-corrected chi connectivity index (χ0v) is 18.5. The van der Waals surface area contributed by atoms with Crippen molar-refractivity contribution in [2.24, 2.45) is 0 Å². The smallest absolute Gasteiger partial charge is 0.294 e. The van der Waals surface area contributed by atoms with Crippen LogP contribution in [0.2, 0.25) is 0 Å². The summed E-state index contributed by atoms with van der Waals surface area (Å²) in [5.74, 6) is 0.570. The third kappa shape index (κ3) is 4.84. The summed E-state index contributed by atoms with van der Waals surface area (Å²) in [6.07, 6.45) is 1.53. The van der Waals surface area contributed by atoms with E-state index in [9.17, 15) is 14.4 Å². The fraction of sp³-hybridized carbons (Fsp3) is 0.160. The van der Waals surface area contributed by atoms with Gasteiger partial charge in [0.1, 0.15) is 18.1 Å². The zero-order valence-electron chi connectivity index (χ0n) is 17.7. The second-order valence-electron chi connectivity index (χ2n) is 7.66. The van der Waals surface area contributed by atoms with Gasteiger partial charge in [-0.15, -0.1) is 0 Å². The van der Waals surface area contributed by atoms with Gasteiger partial charge in [0.25, 0.3) is 11.1 Å². The maximum atomic E-state index is 12.7. The van der Waals surface area contributed by atoms with Gasteiger partial charge < -0.3 is 9.73 Å². The summed E-state index contributed by atoms with van der Waals surface area (Å²) in [6.45, 7) is 3.83. The minimum Gasteiger partial charge on any atom is -0.457 e. The first-order chi connectivity index (χ1) is 15.4. The number of carbonyl (C=O) groups excluding carboxylic acids is 3. The van der Waals surface area contributed by atoms with Crippen LogP contribution in [0.25, 0.3) is 17.4 Å². The van der Waals surface area contributed by atoms with Crippen molar-refractivity contribution >= 4 is 40.6 Å². The summed E-state index contributed by atoms with van der Waals surface area (Å²) in [5, 5.41) is 2.24. The monoisotopic (exact) mass is 446 g/mol. The molecule has 7 heteroatoms. The van der Waals surface area contributed by atoms with E-state index in [2.05, 4.69) is 19.2 Å². The highest BCUT2D eigenvalue weighted by Crippen LogP contribution is 2.33. The van der Waals surface area contributed by atoms with E-state index in [1.54, 1.807) is 6.07 Å². The van der Waals surface area contributed by atoms with Crippen LogP contribution in [0, 0.1) is 0 Å². The molecule has 1 fully saturated rings. The number of carbonyl (C=O) groups is 3. The van der Waals surface area contributed by atoms with E-state index in [1.165, 1.54) is 6.08 Å². The van der Waals surface area contributed by atoms with Crippen LogP contribution >= 0.6 is 11.8 Å². The largest absolute Gasteiger partial charge is 0.457 e. The summed E-state index contributed by atoms with van der Waals surface area (Å²) in [7, 11) is 0. The molecule has 0 aliphatic carbocycles. The van der Waals surface area contributed by atoms with Crippen LogP contribution in [0.15, 0.2) is 76.1 Å². The van der Waals surface area contributed by atoms with Crippen LogP contribution in [0.4, 0.5) is 10.5 Å². The molecule has 1 aliphatic heterocycles. The van der Waals surface area contributed by atoms with Crippen molar-refractivity contribution in [2.75, 3.05) is 11.9 Å². The second-order valence-corrected chi connectivity index (χ2v) is 8.65. The molecule has 6 nitrogen and oxygen atoms in total. The van der Waals surface area contributed by atoms with Gasteiger partial charge in [0.05, 0.1) is 4.91 Å². The Balaban J connectivity index is 1.41. The first-order valence-corrected chi connectivity index (χ1v) is 11.0. The average molecular weight is 447 g/mol. The standard InChI is InChI=1S/C25H22N2O4S/c1-16(2)17-8-10-19(11-9-17)26-23(28)15-27-24(29)22(32-25(27)30)14-20-12-13-21(31-20)18-6-4-3-5-7-18/h3-14,16H,15H2,1-2H3,(H,26,28)/b22-14-. The van der Waals surface area contributed by atoms with E-state index in [0.717, 1.165) is 27.8 Å².